The Hall–Kier alpha value is -4.35. The summed E-state index contributed by atoms with van der Waals surface area (Å²) in [4.78, 5) is 31.1. The van der Waals surface area contributed by atoms with Crippen LogP contribution in [0.3, 0.4) is 0 Å². The van der Waals surface area contributed by atoms with Gasteiger partial charge < -0.3 is 9.73 Å². The fraction of sp³-hybridized carbons (Fsp3) is 0.111. The summed E-state index contributed by atoms with van der Waals surface area (Å²) in [6.45, 7) is 3.95. The monoisotopic (exact) mass is 480 g/mol. The van der Waals surface area contributed by atoms with Gasteiger partial charge in [-0.25, -0.2) is 4.98 Å². The van der Waals surface area contributed by atoms with Gasteiger partial charge >= 0.3 is 0 Å². The van der Waals surface area contributed by atoms with Crippen LogP contribution in [-0.4, -0.2) is 21.2 Å². The molecule has 5 rings (SSSR count). The van der Waals surface area contributed by atoms with Crippen molar-refractivity contribution in [1.29, 1.82) is 5.26 Å². The smallest absolute Gasteiger partial charge is 0.266 e. The van der Waals surface area contributed by atoms with Crippen molar-refractivity contribution < 1.29 is 9.21 Å². The summed E-state index contributed by atoms with van der Waals surface area (Å²) in [6.07, 6.45) is 0. The highest BCUT2D eigenvalue weighted by molar-refractivity contribution is 7.99. The van der Waals surface area contributed by atoms with Gasteiger partial charge in [0.15, 0.2) is 5.16 Å². The van der Waals surface area contributed by atoms with E-state index in [9.17, 15) is 14.9 Å². The number of carbonyl (C=O) groups is 1. The molecule has 0 aliphatic rings. The van der Waals surface area contributed by atoms with Crippen LogP contribution in [0.15, 0.2) is 81.1 Å². The van der Waals surface area contributed by atoms with Gasteiger partial charge in [-0.15, -0.1) is 0 Å². The van der Waals surface area contributed by atoms with E-state index in [2.05, 4.69) is 5.32 Å². The summed E-state index contributed by atoms with van der Waals surface area (Å²) >= 11 is 1.16. The molecule has 3 aromatic carbocycles. The summed E-state index contributed by atoms with van der Waals surface area (Å²) in [6, 6.07) is 22.0. The molecule has 5 aromatic rings. The minimum Gasteiger partial charge on any atom is -0.443 e. The number of anilines is 1. The maximum Gasteiger partial charge on any atom is 0.266 e. The molecule has 2 aromatic heterocycles. The summed E-state index contributed by atoms with van der Waals surface area (Å²) in [5.41, 5.74) is 3.96. The molecule has 35 heavy (non-hydrogen) atoms. The Bertz CT molecular complexity index is 1710. The number of nitrogens with one attached hydrogen (secondary N) is 1. The summed E-state index contributed by atoms with van der Waals surface area (Å²) in [7, 11) is 0. The second-order valence-corrected chi connectivity index (χ2v) is 8.96. The van der Waals surface area contributed by atoms with Crippen LogP contribution in [0, 0.1) is 25.2 Å². The van der Waals surface area contributed by atoms with Crippen molar-refractivity contribution in [3.63, 3.8) is 0 Å². The number of furan rings is 1. The number of hydrogen-bond acceptors (Lipinski definition) is 6. The molecule has 8 heteroatoms. The van der Waals surface area contributed by atoms with E-state index in [1.165, 1.54) is 0 Å². The van der Waals surface area contributed by atoms with Crippen LogP contribution in [0.5, 0.6) is 0 Å². The zero-order chi connectivity index (χ0) is 24.5. The predicted molar refractivity (Wildman–Crippen MR) is 137 cm³/mol. The molecule has 172 valence electrons. The fourth-order valence-corrected chi connectivity index (χ4v) is 4.76. The lowest BCUT2D eigenvalue weighted by atomic mass is 10.1. The van der Waals surface area contributed by atoms with Crippen molar-refractivity contribution in [2.75, 3.05) is 11.1 Å². The van der Waals surface area contributed by atoms with Gasteiger partial charge in [0.05, 0.1) is 22.3 Å². The third-order valence-corrected chi connectivity index (χ3v) is 6.79. The standard InChI is InChI=1S/C27H20N4O3S/c1-16-8-7-12-21(17(16)2)31-26(33)18-9-3-5-11-20(18)29-27(31)35-15-24(32)30-25-19-10-4-6-13-22(19)34-23(25)14-28/h3-13H,15H2,1-2H3,(H,30,32). The van der Waals surface area contributed by atoms with Gasteiger partial charge in [-0.05, 0) is 55.3 Å². The first-order chi connectivity index (χ1) is 17.0. The first-order valence-electron chi connectivity index (χ1n) is 10.9. The Labute approximate surface area is 205 Å². The molecule has 0 saturated heterocycles. The van der Waals surface area contributed by atoms with Crippen molar-refractivity contribution in [3.05, 3.63) is 94.0 Å². The number of rotatable bonds is 5. The van der Waals surface area contributed by atoms with Crippen molar-refractivity contribution in [2.45, 2.75) is 19.0 Å². The number of fused-ring (bicyclic) bond motifs is 2. The number of amides is 1. The van der Waals surface area contributed by atoms with Crippen LogP contribution in [0.1, 0.15) is 16.9 Å². The van der Waals surface area contributed by atoms with Gasteiger partial charge in [-0.3, -0.25) is 14.2 Å². The Morgan fingerprint density at radius 1 is 1.06 bits per heavy atom. The largest absolute Gasteiger partial charge is 0.443 e. The molecule has 0 spiro atoms. The zero-order valence-corrected chi connectivity index (χ0v) is 19.8. The van der Waals surface area contributed by atoms with Gasteiger partial charge in [-0.2, -0.15) is 5.26 Å². The van der Waals surface area contributed by atoms with E-state index in [0.29, 0.717) is 32.7 Å². The van der Waals surface area contributed by atoms with Gasteiger partial charge in [0.2, 0.25) is 11.7 Å². The molecule has 0 aliphatic heterocycles. The number of aromatic nitrogens is 2. The Balaban J connectivity index is 1.51. The van der Waals surface area contributed by atoms with Gasteiger partial charge in [0.1, 0.15) is 17.3 Å². The van der Waals surface area contributed by atoms with Crippen LogP contribution in [0.2, 0.25) is 0 Å². The number of carbonyl (C=O) groups excluding carboxylic acids is 1. The van der Waals surface area contributed by atoms with Gasteiger partial charge in [0.25, 0.3) is 5.56 Å². The van der Waals surface area contributed by atoms with E-state index in [-0.39, 0.29) is 23.0 Å². The Morgan fingerprint density at radius 2 is 1.80 bits per heavy atom. The number of nitrogens with zero attached hydrogens (tertiary/aromatic N) is 3. The fourth-order valence-electron chi connectivity index (χ4n) is 3.95. The molecule has 0 radical (unpaired) electrons. The Kier molecular flexibility index (Phi) is 5.85. The molecule has 1 amide bonds. The van der Waals surface area contributed by atoms with Gasteiger partial charge in [0, 0.05) is 5.39 Å². The zero-order valence-electron chi connectivity index (χ0n) is 19.0. The van der Waals surface area contributed by atoms with E-state index in [1.54, 1.807) is 41.0 Å². The second-order valence-electron chi connectivity index (χ2n) is 8.02. The van der Waals surface area contributed by atoms with Crippen molar-refractivity contribution in [1.82, 2.24) is 9.55 Å². The molecule has 7 nitrogen and oxygen atoms in total. The van der Waals surface area contributed by atoms with E-state index in [4.69, 9.17) is 9.40 Å². The SMILES string of the molecule is Cc1cccc(-n2c(SCC(=O)Nc3c(C#N)oc4ccccc34)nc3ccccc3c2=O)c1C. The molecule has 1 N–H and O–H groups in total. The lowest BCUT2D eigenvalue weighted by molar-refractivity contribution is -0.113. The third kappa shape index (κ3) is 4.07. The minimum atomic E-state index is -0.340. The third-order valence-electron chi connectivity index (χ3n) is 5.86. The first-order valence-corrected chi connectivity index (χ1v) is 11.9. The second kappa shape index (κ2) is 9.12. The Morgan fingerprint density at radius 3 is 2.60 bits per heavy atom. The van der Waals surface area contributed by atoms with E-state index in [1.807, 2.05) is 50.2 Å². The van der Waals surface area contributed by atoms with Crippen LogP contribution >= 0.6 is 11.8 Å². The number of para-hydroxylation sites is 2. The van der Waals surface area contributed by atoms with Crippen LogP contribution in [0.25, 0.3) is 27.6 Å². The molecule has 0 fully saturated rings. The maximum absolute atomic E-state index is 13.5. The predicted octanol–water partition coefficient (Wildman–Crippen LogP) is 5.35. The molecular weight excluding hydrogens is 460 g/mol. The number of thioether (sulfide) groups is 1. The number of hydrogen-bond donors (Lipinski definition) is 1. The highest BCUT2D eigenvalue weighted by Gasteiger charge is 2.19. The van der Waals surface area contributed by atoms with Crippen LogP contribution in [-0.2, 0) is 4.79 Å². The van der Waals surface area contributed by atoms with Gasteiger partial charge in [-0.1, -0.05) is 48.2 Å². The average Bonchev–Trinajstić information content (AvgIpc) is 3.22. The molecule has 0 bridgehead atoms. The summed E-state index contributed by atoms with van der Waals surface area (Å²) in [5, 5.41) is 13.8. The van der Waals surface area contributed by atoms with E-state index in [0.717, 1.165) is 28.6 Å². The highest BCUT2D eigenvalue weighted by Crippen LogP contribution is 2.31. The summed E-state index contributed by atoms with van der Waals surface area (Å²) in [5.74, 6) is -0.311. The minimum absolute atomic E-state index is 0.0139. The van der Waals surface area contributed by atoms with Crippen molar-refractivity contribution >= 4 is 45.2 Å². The maximum atomic E-state index is 13.5. The summed E-state index contributed by atoms with van der Waals surface area (Å²) < 4.78 is 7.10. The molecule has 0 unspecified atom stereocenters. The van der Waals surface area contributed by atoms with E-state index >= 15 is 0 Å². The number of aryl methyl sites for hydroxylation is 1. The van der Waals surface area contributed by atoms with Crippen molar-refractivity contribution in [2.24, 2.45) is 0 Å². The average molecular weight is 481 g/mol. The van der Waals surface area contributed by atoms with Crippen LogP contribution < -0.4 is 10.9 Å². The highest BCUT2D eigenvalue weighted by atomic mass is 32.2. The first kappa shape index (κ1) is 22.4. The normalized spacial score (nSPS) is 11.0. The quantitative estimate of drug-likeness (QED) is 0.269. The molecular formula is C27H20N4O3S. The van der Waals surface area contributed by atoms with E-state index < -0.39 is 0 Å². The molecule has 0 saturated carbocycles. The molecule has 0 atom stereocenters. The number of nitriles is 1. The molecule has 0 aliphatic carbocycles. The topological polar surface area (TPSA) is 101 Å². The van der Waals surface area contributed by atoms with Crippen LogP contribution in [0.4, 0.5) is 5.69 Å². The van der Waals surface area contributed by atoms with Crippen molar-refractivity contribution in [3.8, 4) is 11.8 Å². The number of benzene rings is 3. The molecule has 2 heterocycles. The lowest BCUT2D eigenvalue weighted by Crippen LogP contribution is -2.23. The lowest BCUT2D eigenvalue weighted by Gasteiger charge is -2.16.